The second-order valence-electron chi connectivity index (χ2n) is 7.76. The fourth-order valence-corrected chi connectivity index (χ4v) is 3.46. The Bertz CT molecular complexity index is 1210. The van der Waals surface area contributed by atoms with E-state index >= 15 is 0 Å². The van der Waals surface area contributed by atoms with Crippen LogP contribution in [-0.4, -0.2) is 22.6 Å². The highest BCUT2D eigenvalue weighted by Gasteiger charge is 2.31. The normalized spacial score (nSPS) is 14.7. The maximum Gasteiger partial charge on any atom is 0.412 e. The van der Waals surface area contributed by atoms with Gasteiger partial charge in [0.1, 0.15) is 34.9 Å². The van der Waals surface area contributed by atoms with Gasteiger partial charge in [0.2, 0.25) is 5.96 Å². The van der Waals surface area contributed by atoms with Crippen molar-refractivity contribution in [3.05, 3.63) is 39.4 Å². The molecule has 0 spiro atoms. The SMILES string of the molecule is CC(C)(C)OC(=O)Nc1cc(Br)ccc1C1N=C(NC#N)Nc2nc(N)c(C#N)c(N)c21. The third kappa shape index (κ3) is 4.66. The van der Waals surface area contributed by atoms with E-state index in [4.69, 9.17) is 21.5 Å². The third-order valence-electron chi connectivity index (χ3n) is 4.30. The summed E-state index contributed by atoms with van der Waals surface area (Å²) < 4.78 is 6.06. The molecule has 1 aromatic carbocycles. The second-order valence-corrected chi connectivity index (χ2v) is 8.68. The number of nitrogens with two attached hydrogens (primary N) is 2. The molecule has 11 nitrogen and oxygen atoms in total. The van der Waals surface area contributed by atoms with Crippen LogP contribution in [0, 0.1) is 22.8 Å². The lowest BCUT2D eigenvalue weighted by molar-refractivity contribution is 0.0635. The van der Waals surface area contributed by atoms with Gasteiger partial charge < -0.3 is 21.5 Å². The number of carbonyl (C=O) groups is 1. The van der Waals surface area contributed by atoms with Crippen molar-refractivity contribution in [2.75, 3.05) is 22.1 Å². The first-order valence-electron chi connectivity index (χ1n) is 9.32. The number of fused-ring (bicyclic) bond motifs is 1. The summed E-state index contributed by atoms with van der Waals surface area (Å²) in [4.78, 5) is 21.2. The standard InChI is InChI=1S/C20H20BrN9O2/c1-20(2,3)32-19(31)27-12-6-9(21)4-5-10(12)15-13-14(24)11(7-22)16(25)29-17(13)30-18(28-15)26-8-23/h4-6,15H,1-3H3,(H,27,31)(H6,24,25,26,28,29,30). The van der Waals surface area contributed by atoms with E-state index in [1.165, 1.54) is 0 Å². The number of nitrogens with one attached hydrogen (secondary N) is 3. The number of nitrogens with zero attached hydrogens (tertiary/aromatic N) is 4. The number of hydrogen-bond donors (Lipinski definition) is 5. The number of nitriles is 2. The number of nitrogen functional groups attached to an aromatic ring is 2. The molecule has 3 rings (SSSR count). The highest BCUT2D eigenvalue weighted by molar-refractivity contribution is 9.10. The van der Waals surface area contributed by atoms with Crippen molar-refractivity contribution in [2.24, 2.45) is 4.99 Å². The van der Waals surface area contributed by atoms with Crippen molar-refractivity contribution in [2.45, 2.75) is 32.4 Å². The molecule has 164 valence electrons. The zero-order chi connectivity index (χ0) is 23.6. The number of anilines is 4. The molecule has 0 bridgehead atoms. The fourth-order valence-electron chi connectivity index (χ4n) is 3.09. The molecule has 1 atom stereocenters. The summed E-state index contributed by atoms with van der Waals surface area (Å²) in [6, 6.07) is 6.30. The Morgan fingerprint density at radius 1 is 1.31 bits per heavy atom. The summed E-state index contributed by atoms with van der Waals surface area (Å²) >= 11 is 3.39. The van der Waals surface area contributed by atoms with E-state index in [0.29, 0.717) is 21.3 Å². The first-order chi connectivity index (χ1) is 15.0. The molecule has 2 aromatic rings. The number of carbonyl (C=O) groups excluding carboxylic acids is 1. The Balaban J connectivity index is 2.18. The molecule has 1 amide bonds. The van der Waals surface area contributed by atoms with Gasteiger partial charge in [0.25, 0.3) is 0 Å². The zero-order valence-corrected chi connectivity index (χ0v) is 19.0. The summed E-state index contributed by atoms with van der Waals surface area (Å²) in [5.41, 5.74) is 12.9. The van der Waals surface area contributed by atoms with E-state index in [1.807, 2.05) is 6.07 Å². The van der Waals surface area contributed by atoms with E-state index in [-0.39, 0.29) is 28.8 Å². The van der Waals surface area contributed by atoms with Gasteiger partial charge in [0, 0.05) is 15.6 Å². The number of halogens is 1. The average Bonchev–Trinajstić information content (AvgIpc) is 2.66. The van der Waals surface area contributed by atoms with Crippen molar-refractivity contribution in [1.29, 1.82) is 10.5 Å². The van der Waals surface area contributed by atoms with E-state index in [2.05, 4.69) is 41.9 Å². The molecule has 7 N–H and O–H groups in total. The number of aliphatic imine (C=N–C) groups is 1. The zero-order valence-electron chi connectivity index (χ0n) is 17.4. The second kappa shape index (κ2) is 8.61. The van der Waals surface area contributed by atoms with Crippen LogP contribution in [0.25, 0.3) is 0 Å². The first-order valence-corrected chi connectivity index (χ1v) is 10.1. The van der Waals surface area contributed by atoms with Crippen LogP contribution in [0.5, 0.6) is 0 Å². The van der Waals surface area contributed by atoms with E-state index in [0.717, 1.165) is 0 Å². The quantitative estimate of drug-likeness (QED) is 0.306. The molecular formula is C20H20BrN9O2. The summed E-state index contributed by atoms with van der Waals surface area (Å²) in [5.74, 6) is 0.283. The number of amides is 1. The Hall–Kier alpha value is -4.03. The van der Waals surface area contributed by atoms with Crippen LogP contribution in [0.15, 0.2) is 27.7 Å². The molecule has 1 unspecified atom stereocenters. The van der Waals surface area contributed by atoms with Crippen LogP contribution in [0.2, 0.25) is 0 Å². The molecular weight excluding hydrogens is 478 g/mol. The lowest BCUT2D eigenvalue weighted by Gasteiger charge is -2.28. The van der Waals surface area contributed by atoms with Gasteiger partial charge in [0.05, 0.1) is 11.4 Å². The van der Waals surface area contributed by atoms with Crippen molar-refractivity contribution in [3.63, 3.8) is 0 Å². The number of pyridine rings is 1. The summed E-state index contributed by atoms with van der Waals surface area (Å²) in [6.45, 7) is 5.26. The molecule has 1 aliphatic heterocycles. The van der Waals surface area contributed by atoms with Crippen molar-refractivity contribution < 1.29 is 9.53 Å². The number of hydrogen-bond acceptors (Lipinski definition) is 10. The van der Waals surface area contributed by atoms with Gasteiger partial charge >= 0.3 is 6.09 Å². The van der Waals surface area contributed by atoms with Crippen molar-refractivity contribution in [3.8, 4) is 12.3 Å². The lowest BCUT2D eigenvalue weighted by Crippen LogP contribution is -2.33. The largest absolute Gasteiger partial charge is 0.444 e. The smallest absolute Gasteiger partial charge is 0.412 e. The Morgan fingerprint density at radius 3 is 2.66 bits per heavy atom. The predicted molar refractivity (Wildman–Crippen MR) is 123 cm³/mol. The maximum atomic E-state index is 12.4. The molecule has 1 aliphatic rings. The van der Waals surface area contributed by atoms with Crippen molar-refractivity contribution >= 4 is 51.0 Å². The summed E-state index contributed by atoms with van der Waals surface area (Å²) in [5, 5.41) is 26.5. The van der Waals surface area contributed by atoms with Crippen LogP contribution < -0.4 is 27.4 Å². The van der Waals surface area contributed by atoms with Crippen LogP contribution in [-0.2, 0) is 4.74 Å². The minimum Gasteiger partial charge on any atom is -0.444 e. The number of guanidine groups is 1. The number of ether oxygens (including phenoxy) is 1. The van der Waals surface area contributed by atoms with E-state index < -0.39 is 17.7 Å². The van der Waals surface area contributed by atoms with E-state index in [9.17, 15) is 10.1 Å². The number of aromatic nitrogens is 1. The van der Waals surface area contributed by atoms with Crippen LogP contribution in [0.1, 0.15) is 43.5 Å². The predicted octanol–water partition coefficient (Wildman–Crippen LogP) is 3.17. The van der Waals surface area contributed by atoms with Crippen LogP contribution in [0.4, 0.5) is 27.8 Å². The molecule has 12 heteroatoms. The van der Waals surface area contributed by atoms with Gasteiger partial charge in [-0.25, -0.2) is 14.8 Å². The Morgan fingerprint density at radius 2 is 2.03 bits per heavy atom. The van der Waals surface area contributed by atoms with Gasteiger partial charge in [0.15, 0.2) is 6.19 Å². The number of benzene rings is 1. The molecule has 2 heterocycles. The molecule has 1 aromatic heterocycles. The minimum atomic E-state index is -0.819. The molecule has 32 heavy (non-hydrogen) atoms. The van der Waals surface area contributed by atoms with Crippen LogP contribution in [0.3, 0.4) is 0 Å². The van der Waals surface area contributed by atoms with Gasteiger partial charge in [-0.1, -0.05) is 22.0 Å². The average molecular weight is 498 g/mol. The third-order valence-corrected chi connectivity index (χ3v) is 4.80. The Kier molecular flexibility index (Phi) is 6.09. The van der Waals surface area contributed by atoms with Gasteiger partial charge in [-0.15, -0.1) is 0 Å². The topological polar surface area (TPSA) is 187 Å². The minimum absolute atomic E-state index is 0.0150. The highest BCUT2D eigenvalue weighted by atomic mass is 79.9. The molecule has 0 aliphatic carbocycles. The highest BCUT2D eigenvalue weighted by Crippen LogP contribution is 2.43. The maximum absolute atomic E-state index is 12.4. The molecule has 0 saturated carbocycles. The van der Waals surface area contributed by atoms with Gasteiger partial charge in [-0.2, -0.15) is 10.5 Å². The van der Waals surface area contributed by atoms with Crippen LogP contribution >= 0.6 is 15.9 Å². The molecule has 0 saturated heterocycles. The number of rotatable bonds is 2. The van der Waals surface area contributed by atoms with Crippen molar-refractivity contribution in [1.82, 2.24) is 10.3 Å². The monoisotopic (exact) mass is 497 g/mol. The summed E-state index contributed by atoms with van der Waals surface area (Å²) in [6.07, 6.45) is 1.13. The fraction of sp³-hybridized carbons (Fsp3) is 0.250. The van der Waals surface area contributed by atoms with Gasteiger partial charge in [-0.3, -0.25) is 10.6 Å². The molecule has 0 radical (unpaired) electrons. The molecule has 0 fully saturated rings. The van der Waals surface area contributed by atoms with E-state index in [1.54, 1.807) is 45.2 Å². The lowest BCUT2D eigenvalue weighted by atomic mass is 9.94. The first kappa shape index (κ1) is 22.7. The Labute approximate surface area is 192 Å². The van der Waals surface area contributed by atoms with Gasteiger partial charge in [-0.05, 0) is 32.9 Å². The summed E-state index contributed by atoms with van der Waals surface area (Å²) in [7, 11) is 0.